The summed E-state index contributed by atoms with van der Waals surface area (Å²) in [6, 6.07) is 0. The molecular formula is C15H32. The molecule has 0 aromatic rings. The summed E-state index contributed by atoms with van der Waals surface area (Å²) in [5.74, 6) is 2.52. The van der Waals surface area contributed by atoms with Gasteiger partial charge in [0.15, 0.2) is 0 Å². The van der Waals surface area contributed by atoms with Gasteiger partial charge in [0.05, 0.1) is 0 Å². The Kier molecular flexibility index (Phi) is 6.55. The molecule has 2 atom stereocenters. The Labute approximate surface area is 97.8 Å². The van der Waals surface area contributed by atoms with Crippen LogP contribution in [0.4, 0.5) is 0 Å². The molecule has 0 aromatic heterocycles. The normalized spacial score (nSPS) is 18.2. The predicted molar refractivity (Wildman–Crippen MR) is 71.1 cm³/mol. The van der Waals surface area contributed by atoms with Crippen LogP contribution in [0.5, 0.6) is 0 Å². The fourth-order valence-corrected chi connectivity index (χ4v) is 2.89. The summed E-state index contributed by atoms with van der Waals surface area (Å²) >= 11 is 0. The Morgan fingerprint density at radius 3 is 1.80 bits per heavy atom. The summed E-state index contributed by atoms with van der Waals surface area (Å²) < 4.78 is 0. The van der Waals surface area contributed by atoms with Gasteiger partial charge in [0.2, 0.25) is 0 Å². The molecule has 15 heavy (non-hydrogen) atoms. The maximum Gasteiger partial charge on any atom is -0.0321 e. The van der Waals surface area contributed by atoms with Crippen molar-refractivity contribution in [3.05, 3.63) is 0 Å². The molecule has 0 saturated heterocycles. The van der Waals surface area contributed by atoms with Gasteiger partial charge in [-0.15, -0.1) is 0 Å². The second-order valence-electron chi connectivity index (χ2n) is 6.58. The molecule has 0 nitrogen and oxygen atoms in total. The molecule has 0 N–H and O–H groups in total. The molecule has 92 valence electrons. The average Bonchev–Trinajstić information content (AvgIpc) is 2.01. The molecule has 0 aliphatic carbocycles. The van der Waals surface area contributed by atoms with Crippen molar-refractivity contribution >= 4 is 0 Å². The van der Waals surface area contributed by atoms with E-state index in [0.717, 1.165) is 17.8 Å². The van der Waals surface area contributed by atoms with E-state index in [-0.39, 0.29) is 0 Å². The zero-order chi connectivity index (χ0) is 12.1. The van der Waals surface area contributed by atoms with E-state index < -0.39 is 0 Å². The first-order valence-corrected chi connectivity index (χ1v) is 6.80. The highest BCUT2D eigenvalue weighted by atomic mass is 14.3. The van der Waals surface area contributed by atoms with E-state index in [0.29, 0.717) is 5.41 Å². The first-order valence-electron chi connectivity index (χ1n) is 6.80. The molecule has 0 bridgehead atoms. The smallest absolute Gasteiger partial charge is 0.0321 e. The molecule has 0 radical (unpaired) electrons. The Bertz CT molecular complexity index is 157. The Morgan fingerprint density at radius 2 is 1.47 bits per heavy atom. The Hall–Kier alpha value is 0. The first-order chi connectivity index (χ1) is 6.80. The number of hydrogen-bond donors (Lipinski definition) is 0. The van der Waals surface area contributed by atoms with Crippen LogP contribution in [-0.4, -0.2) is 0 Å². The van der Waals surface area contributed by atoms with Gasteiger partial charge in [-0.2, -0.15) is 0 Å². The Morgan fingerprint density at radius 1 is 0.933 bits per heavy atom. The van der Waals surface area contributed by atoms with Gasteiger partial charge in [-0.05, 0) is 42.4 Å². The standard InChI is InChI=1S/C15H32/c1-8-9-15(7,10-12(2)3)11-14(6)13(4)5/h12-14H,8-11H2,1-7H3. The van der Waals surface area contributed by atoms with Crippen LogP contribution in [0.3, 0.4) is 0 Å². The molecular weight excluding hydrogens is 180 g/mol. The molecule has 0 spiro atoms. The Balaban J connectivity index is 4.35. The molecule has 0 aliphatic heterocycles. The molecule has 0 fully saturated rings. The molecule has 2 unspecified atom stereocenters. The predicted octanol–water partition coefficient (Wildman–Crippen LogP) is 5.52. The lowest BCUT2D eigenvalue weighted by Gasteiger charge is -2.35. The fourth-order valence-electron chi connectivity index (χ4n) is 2.89. The van der Waals surface area contributed by atoms with Crippen molar-refractivity contribution in [3.8, 4) is 0 Å². The quantitative estimate of drug-likeness (QED) is 0.521. The van der Waals surface area contributed by atoms with Crippen molar-refractivity contribution in [2.24, 2.45) is 23.2 Å². The summed E-state index contributed by atoms with van der Waals surface area (Å²) in [6.07, 6.45) is 5.50. The van der Waals surface area contributed by atoms with Crippen molar-refractivity contribution in [1.29, 1.82) is 0 Å². The molecule has 0 heterocycles. The summed E-state index contributed by atoms with van der Waals surface area (Å²) in [5.41, 5.74) is 0.576. The van der Waals surface area contributed by atoms with Crippen LogP contribution in [-0.2, 0) is 0 Å². The third-order valence-corrected chi connectivity index (χ3v) is 3.71. The van der Waals surface area contributed by atoms with Gasteiger partial charge in [-0.3, -0.25) is 0 Å². The molecule has 0 heteroatoms. The third-order valence-electron chi connectivity index (χ3n) is 3.71. The van der Waals surface area contributed by atoms with Crippen LogP contribution < -0.4 is 0 Å². The van der Waals surface area contributed by atoms with Crippen LogP contribution in [0, 0.1) is 23.2 Å². The number of hydrogen-bond acceptors (Lipinski definition) is 0. The average molecular weight is 212 g/mol. The third kappa shape index (κ3) is 6.22. The van der Waals surface area contributed by atoms with Crippen LogP contribution >= 0.6 is 0 Å². The minimum atomic E-state index is 0.576. The van der Waals surface area contributed by atoms with Gasteiger partial charge < -0.3 is 0 Å². The van der Waals surface area contributed by atoms with E-state index in [1.807, 2.05) is 0 Å². The van der Waals surface area contributed by atoms with Crippen LogP contribution in [0.25, 0.3) is 0 Å². The highest BCUT2D eigenvalue weighted by Crippen LogP contribution is 2.39. The van der Waals surface area contributed by atoms with E-state index >= 15 is 0 Å². The van der Waals surface area contributed by atoms with Crippen molar-refractivity contribution < 1.29 is 0 Å². The van der Waals surface area contributed by atoms with E-state index in [9.17, 15) is 0 Å². The zero-order valence-corrected chi connectivity index (χ0v) is 12.1. The number of rotatable bonds is 7. The molecule has 0 aromatic carbocycles. The second-order valence-corrected chi connectivity index (χ2v) is 6.58. The van der Waals surface area contributed by atoms with Gasteiger partial charge in [-0.25, -0.2) is 0 Å². The first kappa shape index (κ1) is 15.0. The summed E-state index contributed by atoms with van der Waals surface area (Å²) in [5, 5.41) is 0. The molecule has 0 amide bonds. The van der Waals surface area contributed by atoms with Crippen molar-refractivity contribution in [2.45, 2.75) is 74.1 Å². The maximum absolute atomic E-state index is 2.50. The topological polar surface area (TPSA) is 0 Å². The van der Waals surface area contributed by atoms with Crippen LogP contribution in [0.1, 0.15) is 74.1 Å². The van der Waals surface area contributed by atoms with E-state index in [2.05, 4.69) is 48.5 Å². The highest BCUT2D eigenvalue weighted by Gasteiger charge is 2.27. The fraction of sp³-hybridized carbons (Fsp3) is 1.00. The minimum Gasteiger partial charge on any atom is -0.0654 e. The van der Waals surface area contributed by atoms with Crippen LogP contribution in [0.2, 0.25) is 0 Å². The molecule has 0 aliphatic rings. The molecule has 0 saturated carbocycles. The summed E-state index contributed by atoms with van der Waals surface area (Å²) in [6.45, 7) is 16.6. The lowest BCUT2D eigenvalue weighted by molar-refractivity contribution is 0.163. The van der Waals surface area contributed by atoms with Crippen molar-refractivity contribution in [1.82, 2.24) is 0 Å². The molecule has 0 rings (SSSR count). The van der Waals surface area contributed by atoms with Gasteiger partial charge >= 0.3 is 0 Å². The van der Waals surface area contributed by atoms with E-state index in [1.54, 1.807) is 0 Å². The second kappa shape index (κ2) is 6.55. The van der Waals surface area contributed by atoms with E-state index in [4.69, 9.17) is 0 Å². The monoisotopic (exact) mass is 212 g/mol. The van der Waals surface area contributed by atoms with Crippen LogP contribution in [0.15, 0.2) is 0 Å². The summed E-state index contributed by atoms with van der Waals surface area (Å²) in [7, 11) is 0. The zero-order valence-electron chi connectivity index (χ0n) is 12.1. The van der Waals surface area contributed by atoms with E-state index in [1.165, 1.54) is 25.7 Å². The van der Waals surface area contributed by atoms with Crippen molar-refractivity contribution in [2.75, 3.05) is 0 Å². The lowest BCUT2D eigenvalue weighted by atomic mass is 9.71. The van der Waals surface area contributed by atoms with Crippen molar-refractivity contribution in [3.63, 3.8) is 0 Å². The van der Waals surface area contributed by atoms with Gasteiger partial charge in [0.1, 0.15) is 0 Å². The SMILES string of the molecule is CCCC(C)(CC(C)C)CC(C)C(C)C. The maximum atomic E-state index is 2.50. The highest BCUT2D eigenvalue weighted by molar-refractivity contribution is 4.78. The van der Waals surface area contributed by atoms with Gasteiger partial charge in [-0.1, -0.05) is 54.9 Å². The van der Waals surface area contributed by atoms with Gasteiger partial charge in [0, 0.05) is 0 Å². The van der Waals surface area contributed by atoms with Gasteiger partial charge in [0.25, 0.3) is 0 Å². The largest absolute Gasteiger partial charge is 0.0654 e. The minimum absolute atomic E-state index is 0.576. The lowest BCUT2D eigenvalue weighted by Crippen LogP contribution is -2.23. The summed E-state index contributed by atoms with van der Waals surface area (Å²) in [4.78, 5) is 0.